The Labute approximate surface area is 73.2 Å². The lowest BCUT2D eigenvalue weighted by molar-refractivity contribution is -0.114. The Kier molecular flexibility index (Phi) is 1.87. The first-order valence-corrected chi connectivity index (χ1v) is 4.72. The molecule has 0 spiro atoms. The standard InChI is InChI=1S/C11H14O/c1-8-4-2-3-5-10-9(8)6-7-11(10)12/h3,5,8H,2,4,6-7H2,1H3/t8-/m0/s1. The number of allylic oxidation sites excluding steroid dienone is 4. The molecule has 0 aromatic heterocycles. The first kappa shape index (κ1) is 7.78. The third-order valence-corrected chi connectivity index (χ3v) is 2.91. The molecule has 0 N–H and O–H groups in total. The van der Waals surface area contributed by atoms with Gasteiger partial charge in [0, 0.05) is 12.0 Å². The molecule has 0 saturated carbocycles. The molecule has 2 aliphatic rings. The predicted molar refractivity (Wildman–Crippen MR) is 48.8 cm³/mol. The summed E-state index contributed by atoms with van der Waals surface area (Å²) in [6.07, 6.45) is 8.28. The molecule has 0 bridgehead atoms. The molecule has 12 heavy (non-hydrogen) atoms. The van der Waals surface area contributed by atoms with Gasteiger partial charge in [-0.1, -0.05) is 24.6 Å². The molecule has 0 aliphatic heterocycles. The minimum atomic E-state index is 0.356. The van der Waals surface area contributed by atoms with Crippen LogP contribution in [0.2, 0.25) is 0 Å². The molecule has 0 aromatic rings. The van der Waals surface area contributed by atoms with E-state index in [1.165, 1.54) is 12.0 Å². The van der Waals surface area contributed by atoms with Gasteiger partial charge in [0.25, 0.3) is 0 Å². The lowest BCUT2D eigenvalue weighted by Crippen LogP contribution is -1.97. The molecule has 0 fully saturated rings. The second kappa shape index (κ2) is 2.89. The normalized spacial score (nSPS) is 29.1. The van der Waals surface area contributed by atoms with Crippen LogP contribution < -0.4 is 0 Å². The van der Waals surface area contributed by atoms with E-state index in [9.17, 15) is 4.79 Å². The van der Waals surface area contributed by atoms with Gasteiger partial charge < -0.3 is 0 Å². The van der Waals surface area contributed by atoms with Gasteiger partial charge in [0.05, 0.1) is 0 Å². The fourth-order valence-electron chi connectivity index (χ4n) is 2.13. The summed E-state index contributed by atoms with van der Waals surface area (Å²) in [6, 6.07) is 0. The van der Waals surface area contributed by atoms with E-state index in [-0.39, 0.29) is 0 Å². The molecular formula is C11H14O. The van der Waals surface area contributed by atoms with Gasteiger partial charge >= 0.3 is 0 Å². The first-order valence-electron chi connectivity index (χ1n) is 4.72. The summed E-state index contributed by atoms with van der Waals surface area (Å²) in [4.78, 5) is 11.4. The van der Waals surface area contributed by atoms with Crippen LogP contribution in [0, 0.1) is 5.92 Å². The van der Waals surface area contributed by atoms with E-state index in [2.05, 4.69) is 13.0 Å². The molecule has 64 valence electrons. The predicted octanol–water partition coefficient (Wildman–Crippen LogP) is 2.63. The molecule has 1 heteroatoms. The molecule has 0 aromatic carbocycles. The number of rotatable bonds is 0. The number of hydrogen-bond donors (Lipinski definition) is 0. The van der Waals surface area contributed by atoms with Crippen molar-refractivity contribution in [2.75, 3.05) is 0 Å². The van der Waals surface area contributed by atoms with Crippen molar-refractivity contribution in [1.82, 2.24) is 0 Å². The van der Waals surface area contributed by atoms with E-state index in [4.69, 9.17) is 0 Å². The zero-order valence-electron chi connectivity index (χ0n) is 7.47. The largest absolute Gasteiger partial charge is 0.294 e. The molecule has 1 atom stereocenters. The average molecular weight is 162 g/mol. The lowest BCUT2D eigenvalue weighted by Gasteiger charge is -2.09. The van der Waals surface area contributed by atoms with Crippen LogP contribution in [-0.2, 0) is 4.79 Å². The van der Waals surface area contributed by atoms with Gasteiger partial charge in [-0.05, 0) is 25.2 Å². The fourth-order valence-corrected chi connectivity index (χ4v) is 2.13. The van der Waals surface area contributed by atoms with Crippen LogP contribution in [0.25, 0.3) is 0 Å². The van der Waals surface area contributed by atoms with E-state index in [1.54, 1.807) is 0 Å². The number of ketones is 1. The van der Waals surface area contributed by atoms with Gasteiger partial charge in [-0.25, -0.2) is 0 Å². The SMILES string of the molecule is C[C@H]1CCC=CC2=C1CCC2=O. The maximum atomic E-state index is 11.4. The molecule has 0 amide bonds. The maximum Gasteiger partial charge on any atom is 0.163 e. The highest BCUT2D eigenvalue weighted by molar-refractivity contribution is 6.01. The summed E-state index contributed by atoms with van der Waals surface area (Å²) in [5, 5.41) is 0. The monoisotopic (exact) mass is 162 g/mol. The molecule has 2 aliphatic carbocycles. The molecule has 2 rings (SSSR count). The van der Waals surface area contributed by atoms with Crippen molar-refractivity contribution >= 4 is 5.78 Å². The van der Waals surface area contributed by atoms with Crippen LogP contribution in [-0.4, -0.2) is 5.78 Å². The van der Waals surface area contributed by atoms with Crippen molar-refractivity contribution in [3.63, 3.8) is 0 Å². The van der Waals surface area contributed by atoms with Crippen molar-refractivity contribution in [1.29, 1.82) is 0 Å². The Morgan fingerprint density at radius 3 is 3.08 bits per heavy atom. The minimum Gasteiger partial charge on any atom is -0.294 e. The minimum absolute atomic E-state index is 0.356. The van der Waals surface area contributed by atoms with Crippen molar-refractivity contribution in [2.45, 2.75) is 32.6 Å². The van der Waals surface area contributed by atoms with Crippen LogP contribution in [0.1, 0.15) is 32.6 Å². The summed E-state index contributed by atoms with van der Waals surface area (Å²) in [5.41, 5.74) is 2.44. The highest BCUT2D eigenvalue weighted by Crippen LogP contribution is 2.34. The fraction of sp³-hybridized carbons (Fsp3) is 0.545. The Morgan fingerprint density at radius 2 is 2.25 bits per heavy atom. The maximum absolute atomic E-state index is 11.4. The van der Waals surface area contributed by atoms with Crippen molar-refractivity contribution < 1.29 is 4.79 Å². The summed E-state index contributed by atoms with van der Waals surface area (Å²) < 4.78 is 0. The number of carbonyl (C=O) groups excluding carboxylic acids is 1. The Hall–Kier alpha value is -0.850. The molecule has 0 unspecified atom stereocenters. The average Bonchev–Trinajstić information content (AvgIpc) is 2.30. The lowest BCUT2D eigenvalue weighted by atomic mass is 9.95. The third kappa shape index (κ3) is 1.13. The van der Waals surface area contributed by atoms with Crippen LogP contribution in [0.15, 0.2) is 23.3 Å². The van der Waals surface area contributed by atoms with Crippen LogP contribution in [0.5, 0.6) is 0 Å². The smallest absolute Gasteiger partial charge is 0.163 e. The second-order valence-electron chi connectivity index (χ2n) is 3.74. The highest BCUT2D eigenvalue weighted by Gasteiger charge is 2.25. The van der Waals surface area contributed by atoms with Crippen LogP contribution in [0.4, 0.5) is 0 Å². The van der Waals surface area contributed by atoms with E-state index >= 15 is 0 Å². The summed E-state index contributed by atoms with van der Waals surface area (Å²) in [7, 11) is 0. The Bertz CT molecular complexity index is 271. The van der Waals surface area contributed by atoms with E-state index in [0.29, 0.717) is 11.7 Å². The second-order valence-corrected chi connectivity index (χ2v) is 3.74. The van der Waals surface area contributed by atoms with Crippen molar-refractivity contribution in [3.8, 4) is 0 Å². The number of carbonyl (C=O) groups is 1. The van der Waals surface area contributed by atoms with E-state index in [1.807, 2.05) is 6.08 Å². The van der Waals surface area contributed by atoms with Gasteiger partial charge in [-0.2, -0.15) is 0 Å². The molecular weight excluding hydrogens is 148 g/mol. The van der Waals surface area contributed by atoms with Crippen molar-refractivity contribution in [2.24, 2.45) is 5.92 Å². The quantitative estimate of drug-likeness (QED) is 0.535. The zero-order chi connectivity index (χ0) is 8.55. The van der Waals surface area contributed by atoms with E-state index in [0.717, 1.165) is 24.8 Å². The molecule has 0 heterocycles. The van der Waals surface area contributed by atoms with Gasteiger partial charge in [-0.15, -0.1) is 0 Å². The van der Waals surface area contributed by atoms with Gasteiger partial charge in [0.15, 0.2) is 5.78 Å². The summed E-state index contributed by atoms with van der Waals surface area (Å²) in [5.74, 6) is 0.983. The summed E-state index contributed by atoms with van der Waals surface area (Å²) in [6.45, 7) is 2.24. The van der Waals surface area contributed by atoms with Gasteiger partial charge in [0.2, 0.25) is 0 Å². The first-order chi connectivity index (χ1) is 5.79. The van der Waals surface area contributed by atoms with Gasteiger partial charge in [0.1, 0.15) is 0 Å². The third-order valence-electron chi connectivity index (χ3n) is 2.91. The highest BCUT2D eigenvalue weighted by atomic mass is 16.1. The van der Waals surface area contributed by atoms with E-state index < -0.39 is 0 Å². The topological polar surface area (TPSA) is 17.1 Å². The van der Waals surface area contributed by atoms with Crippen LogP contribution in [0.3, 0.4) is 0 Å². The zero-order valence-corrected chi connectivity index (χ0v) is 7.47. The van der Waals surface area contributed by atoms with Crippen molar-refractivity contribution in [3.05, 3.63) is 23.3 Å². The Balaban J connectivity index is 2.38. The Morgan fingerprint density at radius 1 is 1.42 bits per heavy atom. The molecule has 1 nitrogen and oxygen atoms in total. The number of Topliss-reactive ketones (excluding diaryl/α,β-unsaturated/α-hetero) is 1. The molecule has 0 radical (unpaired) electrons. The summed E-state index contributed by atoms with van der Waals surface area (Å²) >= 11 is 0. The molecule has 0 saturated heterocycles. The van der Waals surface area contributed by atoms with Crippen LogP contribution >= 0.6 is 0 Å². The number of hydrogen-bond acceptors (Lipinski definition) is 1. The van der Waals surface area contributed by atoms with Gasteiger partial charge in [-0.3, -0.25) is 4.79 Å².